The standard InChI is InChI=1S/C11H15BrN2O3/c1-11(2,3)16-10(15)14-5-4-8-7(6-14)9(12)17-13-8/h4-6H2,1-3H3. The summed E-state index contributed by atoms with van der Waals surface area (Å²) in [5.41, 5.74) is 1.38. The van der Waals surface area contributed by atoms with Crippen LogP contribution < -0.4 is 0 Å². The Labute approximate surface area is 108 Å². The predicted octanol–water partition coefficient (Wildman–Crippen LogP) is 2.73. The van der Waals surface area contributed by atoms with Crippen LogP contribution in [0.15, 0.2) is 9.19 Å². The van der Waals surface area contributed by atoms with Crippen LogP contribution >= 0.6 is 15.9 Å². The Morgan fingerprint density at radius 1 is 1.53 bits per heavy atom. The molecule has 1 aliphatic heterocycles. The van der Waals surface area contributed by atoms with Gasteiger partial charge in [-0.2, -0.15) is 0 Å². The fraction of sp³-hybridized carbons (Fsp3) is 0.636. The largest absolute Gasteiger partial charge is 0.444 e. The maximum absolute atomic E-state index is 11.9. The second-order valence-electron chi connectivity index (χ2n) is 5.03. The average Bonchev–Trinajstić information content (AvgIpc) is 2.57. The fourth-order valence-corrected chi connectivity index (χ4v) is 2.09. The highest BCUT2D eigenvalue weighted by atomic mass is 79.9. The van der Waals surface area contributed by atoms with Gasteiger partial charge < -0.3 is 14.2 Å². The maximum Gasteiger partial charge on any atom is 0.410 e. The van der Waals surface area contributed by atoms with E-state index in [4.69, 9.17) is 9.26 Å². The highest BCUT2D eigenvalue weighted by molar-refractivity contribution is 9.10. The van der Waals surface area contributed by atoms with E-state index < -0.39 is 5.60 Å². The Morgan fingerprint density at radius 2 is 2.24 bits per heavy atom. The number of carbonyl (C=O) groups excluding carboxylic acids is 1. The van der Waals surface area contributed by atoms with Crippen molar-refractivity contribution in [3.63, 3.8) is 0 Å². The molecule has 0 aromatic carbocycles. The van der Waals surface area contributed by atoms with E-state index >= 15 is 0 Å². The van der Waals surface area contributed by atoms with Gasteiger partial charge in [0.1, 0.15) is 5.60 Å². The summed E-state index contributed by atoms with van der Waals surface area (Å²) in [7, 11) is 0. The second-order valence-corrected chi connectivity index (χ2v) is 5.75. The summed E-state index contributed by atoms with van der Waals surface area (Å²) in [4.78, 5) is 13.6. The number of fused-ring (bicyclic) bond motifs is 1. The number of ether oxygens (including phenoxy) is 1. The lowest BCUT2D eigenvalue weighted by Gasteiger charge is -2.29. The minimum atomic E-state index is -0.469. The van der Waals surface area contributed by atoms with Gasteiger partial charge in [-0.05, 0) is 36.7 Å². The zero-order valence-corrected chi connectivity index (χ0v) is 11.7. The van der Waals surface area contributed by atoms with Gasteiger partial charge >= 0.3 is 6.09 Å². The van der Waals surface area contributed by atoms with E-state index in [0.717, 1.165) is 11.3 Å². The van der Waals surface area contributed by atoms with Crippen LogP contribution in [-0.4, -0.2) is 28.3 Å². The summed E-state index contributed by atoms with van der Waals surface area (Å²) in [6, 6.07) is 0. The monoisotopic (exact) mass is 302 g/mol. The number of aromatic nitrogens is 1. The number of amides is 1. The van der Waals surface area contributed by atoms with Crippen LogP contribution in [0.3, 0.4) is 0 Å². The fourth-order valence-electron chi connectivity index (χ4n) is 1.66. The Kier molecular flexibility index (Phi) is 3.16. The lowest BCUT2D eigenvalue weighted by atomic mass is 10.1. The van der Waals surface area contributed by atoms with Gasteiger partial charge in [-0.1, -0.05) is 5.16 Å². The predicted molar refractivity (Wildman–Crippen MR) is 64.6 cm³/mol. The van der Waals surface area contributed by atoms with Gasteiger partial charge in [0.25, 0.3) is 0 Å². The molecule has 2 heterocycles. The molecule has 0 unspecified atom stereocenters. The summed E-state index contributed by atoms with van der Waals surface area (Å²) < 4.78 is 11.0. The smallest absolute Gasteiger partial charge is 0.410 e. The van der Waals surface area contributed by atoms with Gasteiger partial charge in [-0.15, -0.1) is 0 Å². The molecule has 0 spiro atoms. The molecular formula is C11H15BrN2O3. The van der Waals surface area contributed by atoms with E-state index in [-0.39, 0.29) is 6.09 Å². The molecule has 0 saturated heterocycles. The van der Waals surface area contributed by atoms with Crippen LogP contribution in [0.1, 0.15) is 32.0 Å². The molecule has 0 saturated carbocycles. The van der Waals surface area contributed by atoms with Crippen molar-refractivity contribution in [3.8, 4) is 0 Å². The molecule has 17 heavy (non-hydrogen) atoms. The van der Waals surface area contributed by atoms with Crippen LogP contribution in [0.2, 0.25) is 0 Å². The van der Waals surface area contributed by atoms with Crippen LogP contribution in [0.25, 0.3) is 0 Å². The number of hydrogen-bond acceptors (Lipinski definition) is 4. The first-order chi connectivity index (χ1) is 7.87. The van der Waals surface area contributed by atoms with Crippen molar-refractivity contribution in [2.45, 2.75) is 39.3 Å². The van der Waals surface area contributed by atoms with Crippen LogP contribution in [0.5, 0.6) is 0 Å². The van der Waals surface area contributed by atoms with Gasteiger partial charge in [0.15, 0.2) is 0 Å². The number of rotatable bonds is 0. The summed E-state index contributed by atoms with van der Waals surface area (Å²) in [5, 5.41) is 3.92. The van der Waals surface area contributed by atoms with E-state index in [0.29, 0.717) is 24.2 Å². The first-order valence-electron chi connectivity index (χ1n) is 5.47. The SMILES string of the molecule is CC(C)(C)OC(=O)N1CCc2noc(Br)c2C1. The molecule has 0 N–H and O–H groups in total. The Hall–Kier alpha value is -1.04. The molecule has 0 bridgehead atoms. The van der Waals surface area contributed by atoms with Crippen molar-refractivity contribution in [2.24, 2.45) is 0 Å². The highest BCUT2D eigenvalue weighted by Crippen LogP contribution is 2.26. The number of hydrogen-bond donors (Lipinski definition) is 0. The molecule has 0 radical (unpaired) electrons. The van der Waals surface area contributed by atoms with Crippen LogP contribution in [0, 0.1) is 0 Å². The van der Waals surface area contributed by atoms with E-state index in [1.54, 1.807) is 4.90 Å². The van der Waals surface area contributed by atoms with E-state index in [2.05, 4.69) is 21.1 Å². The zero-order valence-electron chi connectivity index (χ0n) is 10.1. The van der Waals surface area contributed by atoms with Crippen molar-refractivity contribution in [1.29, 1.82) is 0 Å². The van der Waals surface area contributed by atoms with Crippen molar-refractivity contribution in [3.05, 3.63) is 15.9 Å². The Morgan fingerprint density at radius 3 is 2.88 bits per heavy atom. The Balaban J connectivity index is 2.07. The molecule has 1 aromatic rings. The van der Waals surface area contributed by atoms with Gasteiger partial charge in [-0.3, -0.25) is 0 Å². The molecule has 1 amide bonds. The quantitative estimate of drug-likeness (QED) is 0.739. The second kappa shape index (κ2) is 4.33. The number of nitrogens with zero attached hydrogens (tertiary/aromatic N) is 2. The minimum Gasteiger partial charge on any atom is -0.444 e. The van der Waals surface area contributed by atoms with E-state index in [1.165, 1.54) is 0 Å². The molecule has 6 heteroatoms. The average molecular weight is 303 g/mol. The molecule has 0 aliphatic carbocycles. The third-order valence-corrected chi connectivity index (χ3v) is 3.06. The first kappa shape index (κ1) is 12.4. The number of carbonyl (C=O) groups is 1. The normalized spacial score (nSPS) is 15.6. The minimum absolute atomic E-state index is 0.295. The maximum atomic E-state index is 11.9. The summed E-state index contributed by atoms with van der Waals surface area (Å²) in [6.45, 7) is 6.66. The molecule has 1 aliphatic rings. The molecule has 5 nitrogen and oxygen atoms in total. The van der Waals surface area contributed by atoms with Crippen molar-refractivity contribution >= 4 is 22.0 Å². The molecule has 1 aromatic heterocycles. The van der Waals surface area contributed by atoms with E-state index in [9.17, 15) is 4.79 Å². The van der Waals surface area contributed by atoms with E-state index in [1.807, 2.05) is 20.8 Å². The topological polar surface area (TPSA) is 55.6 Å². The molecular weight excluding hydrogens is 288 g/mol. The van der Waals surface area contributed by atoms with Gasteiger partial charge in [0.2, 0.25) is 4.67 Å². The molecule has 0 fully saturated rings. The van der Waals surface area contributed by atoms with Gasteiger partial charge in [-0.25, -0.2) is 4.79 Å². The lowest BCUT2D eigenvalue weighted by molar-refractivity contribution is 0.0223. The van der Waals surface area contributed by atoms with Crippen molar-refractivity contribution in [2.75, 3.05) is 6.54 Å². The zero-order chi connectivity index (χ0) is 12.6. The number of halogens is 1. The van der Waals surface area contributed by atoms with Gasteiger partial charge in [0, 0.05) is 18.5 Å². The van der Waals surface area contributed by atoms with Crippen LogP contribution in [-0.2, 0) is 17.7 Å². The highest BCUT2D eigenvalue weighted by Gasteiger charge is 2.28. The third-order valence-electron chi connectivity index (χ3n) is 2.44. The first-order valence-corrected chi connectivity index (χ1v) is 6.27. The lowest BCUT2D eigenvalue weighted by Crippen LogP contribution is -2.39. The summed E-state index contributed by atoms with van der Waals surface area (Å²) in [6.07, 6.45) is 0.403. The van der Waals surface area contributed by atoms with Crippen molar-refractivity contribution in [1.82, 2.24) is 10.1 Å². The molecule has 94 valence electrons. The van der Waals surface area contributed by atoms with Gasteiger partial charge in [0.05, 0.1) is 12.2 Å². The molecule has 0 atom stereocenters. The van der Waals surface area contributed by atoms with Crippen LogP contribution in [0.4, 0.5) is 4.79 Å². The summed E-state index contributed by atoms with van der Waals surface area (Å²) >= 11 is 3.28. The summed E-state index contributed by atoms with van der Waals surface area (Å²) in [5.74, 6) is 0. The third kappa shape index (κ3) is 2.80. The van der Waals surface area contributed by atoms with Crippen molar-refractivity contribution < 1.29 is 14.1 Å². The Bertz CT molecular complexity index is 436. The molecule has 2 rings (SSSR count).